The maximum Gasteiger partial charge on any atom is 0.0184 e. The van der Waals surface area contributed by atoms with E-state index in [-0.39, 0.29) is 0 Å². The Hall–Kier alpha value is -0.940. The van der Waals surface area contributed by atoms with Crippen molar-refractivity contribution in [2.45, 2.75) is 26.2 Å². The first-order chi connectivity index (χ1) is 6.76. The molecule has 1 aromatic carbocycles. The van der Waals surface area contributed by atoms with E-state index in [1.807, 2.05) is 12.1 Å². The molecule has 78 valence electrons. The molecule has 0 saturated carbocycles. The predicted molar refractivity (Wildman–Crippen MR) is 58.0 cm³/mol. The van der Waals surface area contributed by atoms with Crippen LogP contribution in [0.25, 0.3) is 0 Å². The Morgan fingerprint density at radius 2 is 1.21 bits per heavy atom. The molecule has 0 amide bonds. The van der Waals surface area contributed by atoms with Crippen molar-refractivity contribution in [2.75, 3.05) is 0 Å². The van der Waals surface area contributed by atoms with Crippen molar-refractivity contribution in [1.29, 1.82) is 0 Å². The van der Waals surface area contributed by atoms with Crippen LogP contribution in [0.5, 0.6) is 0 Å². The lowest BCUT2D eigenvalue weighted by Gasteiger charge is -2.13. The summed E-state index contributed by atoms with van der Waals surface area (Å²) < 4.78 is 0. The Morgan fingerprint density at radius 3 is 1.50 bits per heavy atom. The van der Waals surface area contributed by atoms with Crippen molar-refractivity contribution in [3.05, 3.63) is 34.4 Å². The molecular weight excluding hydrogens is 176 g/mol. The minimum atomic E-state index is 0.476. The molecule has 0 heterocycles. The summed E-state index contributed by atoms with van der Waals surface area (Å²) in [5.41, 5.74) is 26.7. The molecule has 0 bridgehead atoms. The molecule has 0 unspecified atom stereocenters. The van der Waals surface area contributed by atoms with Crippen LogP contribution in [0.2, 0.25) is 0 Å². The topological polar surface area (TPSA) is 104 Å². The maximum atomic E-state index is 5.65. The van der Waals surface area contributed by atoms with Crippen LogP contribution in [0, 0.1) is 0 Å². The number of benzene rings is 1. The summed E-state index contributed by atoms with van der Waals surface area (Å²) in [5, 5.41) is 0. The molecule has 1 aromatic rings. The third-order valence-electron chi connectivity index (χ3n) is 2.37. The third-order valence-corrected chi connectivity index (χ3v) is 2.37. The van der Waals surface area contributed by atoms with Gasteiger partial charge in [-0.15, -0.1) is 0 Å². The minimum absolute atomic E-state index is 0.476. The Labute approximate surface area is 84.3 Å². The zero-order chi connectivity index (χ0) is 10.6. The van der Waals surface area contributed by atoms with Crippen LogP contribution >= 0.6 is 0 Å². The summed E-state index contributed by atoms with van der Waals surface area (Å²) in [6.45, 7) is 1.94. The van der Waals surface area contributed by atoms with E-state index >= 15 is 0 Å². The van der Waals surface area contributed by atoms with Crippen molar-refractivity contribution in [2.24, 2.45) is 22.9 Å². The van der Waals surface area contributed by atoms with Crippen LogP contribution in [0.3, 0.4) is 0 Å². The lowest BCUT2D eigenvalue weighted by molar-refractivity contribution is 0.913. The average molecular weight is 194 g/mol. The van der Waals surface area contributed by atoms with Gasteiger partial charge in [-0.1, -0.05) is 12.1 Å². The van der Waals surface area contributed by atoms with E-state index in [0.717, 1.165) is 22.3 Å². The van der Waals surface area contributed by atoms with Gasteiger partial charge in [0.15, 0.2) is 0 Å². The third kappa shape index (κ3) is 2.10. The fourth-order valence-electron chi connectivity index (χ4n) is 1.61. The van der Waals surface area contributed by atoms with Gasteiger partial charge in [0.05, 0.1) is 0 Å². The molecule has 0 aliphatic rings. The summed E-state index contributed by atoms with van der Waals surface area (Å²) in [6, 6.07) is 4.00. The fourth-order valence-corrected chi connectivity index (χ4v) is 1.61. The van der Waals surface area contributed by atoms with Crippen LogP contribution in [0.4, 0.5) is 0 Å². The molecule has 0 saturated heterocycles. The molecule has 4 heteroatoms. The Morgan fingerprint density at radius 1 is 0.714 bits per heavy atom. The quantitative estimate of drug-likeness (QED) is 0.519. The van der Waals surface area contributed by atoms with Crippen LogP contribution in [0.15, 0.2) is 12.1 Å². The van der Waals surface area contributed by atoms with Crippen molar-refractivity contribution >= 4 is 0 Å². The highest BCUT2D eigenvalue weighted by Gasteiger charge is 2.06. The molecule has 1 rings (SSSR count). The molecule has 0 atom stereocenters. The van der Waals surface area contributed by atoms with Gasteiger partial charge in [0.1, 0.15) is 0 Å². The van der Waals surface area contributed by atoms with E-state index in [9.17, 15) is 0 Å². The van der Waals surface area contributed by atoms with Crippen LogP contribution in [0.1, 0.15) is 22.3 Å². The second-order valence-electron chi connectivity index (χ2n) is 3.21. The zero-order valence-corrected chi connectivity index (χ0v) is 8.29. The molecule has 0 aliphatic heterocycles. The van der Waals surface area contributed by atoms with Crippen LogP contribution in [-0.2, 0) is 26.2 Å². The van der Waals surface area contributed by atoms with E-state index in [0.29, 0.717) is 26.2 Å². The largest absolute Gasteiger partial charge is 0.326 e. The van der Waals surface area contributed by atoms with Gasteiger partial charge in [0, 0.05) is 26.2 Å². The van der Waals surface area contributed by atoms with Gasteiger partial charge in [-0.2, -0.15) is 0 Å². The Balaban J connectivity index is 3.24. The van der Waals surface area contributed by atoms with Crippen molar-refractivity contribution in [3.8, 4) is 0 Å². The highest BCUT2D eigenvalue weighted by molar-refractivity contribution is 5.39. The van der Waals surface area contributed by atoms with E-state index in [4.69, 9.17) is 22.9 Å². The van der Waals surface area contributed by atoms with Crippen molar-refractivity contribution in [3.63, 3.8) is 0 Å². The first-order valence-electron chi connectivity index (χ1n) is 4.70. The maximum absolute atomic E-state index is 5.65. The second kappa shape index (κ2) is 5.07. The fraction of sp³-hybridized carbons (Fsp3) is 0.400. The minimum Gasteiger partial charge on any atom is -0.326 e. The summed E-state index contributed by atoms with van der Waals surface area (Å²) in [5.74, 6) is 0. The van der Waals surface area contributed by atoms with Gasteiger partial charge in [0.25, 0.3) is 0 Å². The molecule has 14 heavy (non-hydrogen) atoms. The van der Waals surface area contributed by atoms with E-state index < -0.39 is 0 Å². The van der Waals surface area contributed by atoms with Gasteiger partial charge in [-0.25, -0.2) is 0 Å². The average Bonchev–Trinajstić information content (AvgIpc) is 2.26. The van der Waals surface area contributed by atoms with E-state index in [1.165, 1.54) is 0 Å². The number of rotatable bonds is 4. The van der Waals surface area contributed by atoms with Crippen LogP contribution in [-0.4, -0.2) is 0 Å². The number of nitrogens with two attached hydrogens (primary N) is 4. The Bertz CT molecular complexity index is 284. The lowest BCUT2D eigenvalue weighted by Crippen LogP contribution is -2.13. The standard InChI is InChI=1S/C10H18N4/c11-3-7-1-8(4-12)10(6-14)9(2-7)5-13/h1-2H,3-6,11-14H2. The van der Waals surface area contributed by atoms with Gasteiger partial charge < -0.3 is 22.9 Å². The van der Waals surface area contributed by atoms with E-state index in [2.05, 4.69) is 0 Å². The highest BCUT2D eigenvalue weighted by Crippen LogP contribution is 2.17. The first kappa shape index (κ1) is 11.1. The second-order valence-corrected chi connectivity index (χ2v) is 3.21. The highest BCUT2D eigenvalue weighted by atomic mass is 14.6. The van der Waals surface area contributed by atoms with Crippen molar-refractivity contribution < 1.29 is 0 Å². The van der Waals surface area contributed by atoms with Gasteiger partial charge >= 0.3 is 0 Å². The van der Waals surface area contributed by atoms with Crippen molar-refractivity contribution in [1.82, 2.24) is 0 Å². The molecule has 0 radical (unpaired) electrons. The molecule has 0 spiro atoms. The normalized spacial score (nSPS) is 10.6. The van der Waals surface area contributed by atoms with Gasteiger partial charge in [-0.3, -0.25) is 0 Å². The molecule has 4 nitrogen and oxygen atoms in total. The predicted octanol–water partition coefficient (Wildman–Crippen LogP) is -0.479. The zero-order valence-electron chi connectivity index (χ0n) is 8.29. The Kier molecular flexibility index (Phi) is 4.03. The molecule has 8 N–H and O–H groups in total. The lowest BCUT2D eigenvalue weighted by atomic mass is 9.97. The number of hydrogen-bond donors (Lipinski definition) is 4. The summed E-state index contributed by atoms with van der Waals surface area (Å²) in [6.07, 6.45) is 0. The smallest absolute Gasteiger partial charge is 0.0184 e. The summed E-state index contributed by atoms with van der Waals surface area (Å²) in [4.78, 5) is 0. The molecule has 0 fully saturated rings. The molecule has 0 aliphatic carbocycles. The SMILES string of the molecule is NCc1cc(CN)c(CN)c(CN)c1. The first-order valence-corrected chi connectivity index (χ1v) is 4.70. The molecule has 0 aromatic heterocycles. The van der Waals surface area contributed by atoms with Gasteiger partial charge in [-0.05, 0) is 22.3 Å². The van der Waals surface area contributed by atoms with Crippen LogP contribution < -0.4 is 22.9 Å². The molecular formula is C10H18N4. The monoisotopic (exact) mass is 194 g/mol. The van der Waals surface area contributed by atoms with E-state index in [1.54, 1.807) is 0 Å². The number of hydrogen-bond acceptors (Lipinski definition) is 4. The summed E-state index contributed by atoms with van der Waals surface area (Å²) >= 11 is 0. The van der Waals surface area contributed by atoms with Gasteiger partial charge in [0.2, 0.25) is 0 Å². The summed E-state index contributed by atoms with van der Waals surface area (Å²) in [7, 11) is 0.